The van der Waals surface area contributed by atoms with Crippen LogP contribution in [0.15, 0.2) is 24.3 Å². The average Bonchev–Trinajstić information content (AvgIpc) is 2.44. The van der Waals surface area contributed by atoms with Gasteiger partial charge in [-0.15, -0.1) is 0 Å². The van der Waals surface area contributed by atoms with Crippen LogP contribution >= 0.6 is 0 Å². The highest BCUT2D eigenvalue weighted by atomic mass is 14.2. The molecule has 0 saturated heterocycles. The first-order chi connectivity index (χ1) is 10.7. The van der Waals surface area contributed by atoms with E-state index in [0.29, 0.717) is 0 Å². The minimum atomic E-state index is 0.250. The molecule has 0 nitrogen and oxygen atoms in total. The van der Waals surface area contributed by atoms with Crippen molar-refractivity contribution in [3.63, 3.8) is 0 Å². The lowest BCUT2D eigenvalue weighted by Gasteiger charge is -2.23. The number of hydrogen-bond donors (Lipinski definition) is 0. The zero-order valence-corrected chi connectivity index (χ0v) is 16.8. The highest BCUT2D eigenvalue weighted by molar-refractivity contribution is 5.28. The number of hydrogen-bond acceptors (Lipinski definition) is 0. The molecule has 1 atom stereocenters. The molecule has 0 saturated carbocycles. The largest absolute Gasteiger partial charge is 0.0628 e. The lowest BCUT2D eigenvalue weighted by molar-refractivity contribution is 0.341. The molecule has 0 aliphatic rings. The zero-order valence-electron chi connectivity index (χ0n) is 16.8. The molecule has 0 radical (unpaired) electrons. The molecule has 0 heterocycles. The van der Waals surface area contributed by atoms with E-state index in [9.17, 15) is 0 Å². The van der Waals surface area contributed by atoms with E-state index in [4.69, 9.17) is 0 Å². The van der Waals surface area contributed by atoms with E-state index >= 15 is 0 Å². The first-order valence-electron chi connectivity index (χ1n) is 9.79. The third kappa shape index (κ3) is 8.04. The molecule has 1 aromatic carbocycles. The highest BCUT2D eigenvalue weighted by Gasteiger charge is 2.17. The minimum absolute atomic E-state index is 0.250. The summed E-state index contributed by atoms with van der Waals surface area (Å²) in [7, 11) is 0. The molecular weight excluding hydrogens is 276 g/mol. The molecule has 1 unspecified atom stereocenters. The summed E-state index contributed by atoms with van der Waals surface area (Å²) in [6.45, 7) is 16.4. The second-order valence-corrected chi connectivity index (χ2v) is 9.19. The second kappa shape index (κ2) is 9.50. The van der Waals surface area contributed by atoms with E-state index in [0.717, 1.165) is 17.8 Å². The van der Waals surface area contributed by atoms with E-state index in [1.54, 1.807) is 0 Å². The zero-order chi connectivity index (χ0) is 17.5. The van der Waals surface area contributed by atoms with Crippen molar-refractivity contribution in [1.29, 1.82) is 0 Å². The molecule has 132 valence electrons. The van der Waals surface area contributed by atoms with Gasteiger partial charge in [0.2, 0.25) is 0 Å². The Morgan fingerprint density at radius 2 is 1.52 bits per heavy atom. The topological polar surface area (TPSA) is 0 Å². The van der Waals surface area contributed by atoms with Gasteiger partial charge in [0.25, 0.3) is 0 Å². The van der Waals surface area contributed by atoms with Crippen molar-refractivity contribution < 1.29 is 0 Å². The van der Waals surface area contributed by atoms with Crippen molar-refractivity contribution in [1.82, 2.24) is 0 Å². The molecule has 0 bridgehead atoms. The third-order valence-corrected chi connectivity index (χ3v) is 5.09. The van der Waals surface area contributed by atoms with Gasteiger partial charge in [0, 0.05) is 0 Å². The third-order valence-electron chi connectivity index (χ3n) is 5.09. The highest BCUT2D eigenvalue weighted by Crippen LogP contribution is 2.27. The molecule has 23 heavy (non-hydrogen) atoms. The summed E-state index contributed by atoms with van der Waals surface area (Å²) >= 11 is 0. The van der Waals surface area contributed by atoms with Gasteiger partial charge in [-0.2, -0.15) is 0 Å². The second-order valence-electron chi connectivity index (χ2n) is 9.19. The Labute approximate surface area is 146 Å². The van der Waals surface area contributed by atoms with Gasteiger partial charge in [-0.1, -0.05) is 98.4 Å². The standard InChI is InChI=1S/C23H40/c1-18(2)12-9-8-10-14-21(19(3)4)16-20-13-11-15-22(17-20)23(5,6)7/h11,13,15,17-19,21H,8-10,12,14,16H2,1-7H3. The summed E-state index contributed by atoms with van der Waals surface area (Å²) in [5.41, 5.74) is 3.24. The van der Waals surface area contributed by atoms with Crippen LogP contribution in [0.1, 0.15) is 91.7 Å². The molecule has 0 aliphatic carbocycles. The van der Waals surface area contributed by atoms with Crippen LogP contribution in [-0.4, -0.2) is 0 Å². The normalized spacial score (nSPS) is 13.8. The Hall–Kier alpha value is -0.780. The Bertz CT molecular complexity index is 434. The van der Waals surface area contributed by atoms with Crippen molar-refractivity contribution in [2.24, 2.45) is 17.8 Å². The van der Waals surface area contributed by atoms with Crippen LogP contribution in [0, 0.1) is 17.8 Å². The number of benzene rings is 1. The van der Waals surface area contributed by atoms with E-state index in [1.165, 1.54) is 49.7 Å². The monoisotopic (exact) mass is 316 g/mol. The summed E-state index contributed by atoms with van der Waals surface area (Å²) in [5, 5.41) is 0. The van der Waals surface area contributed by atoms with Gasteiger partial charge < -0.3 is 0 Å². The molecule has 0 fully saturated rings. The minimum Gasteiger partial charge on any atom is -0.0628 e. The summed E-state index contributed by atoms with van der Waals surface area (Å²) in [4.78, 5) is 0. The fraction of sp³-hybridized carbons (Fsp3) is 0.739. The maximum Gasteiger partial charge on any atom is -0.0132 e. The van der Waals surface area contributed by atoms with E-state index < -0.39 is 0 Å². The quantitative estimate of drug-likeness (QED) is 0.416. The van der Waals surface area contributed by atoms with Crippen LogP contribution < -0.4 is 0 Å². The molecular formula is C23H40. The van der Waals surface area contributed by atoms with Gasteiger partial charge in [0.1, 0.15) is 0 Å². The van der Waals surface area contributed by atoms with Gasteiger partial charge in [0.05, 0.1) is 0 Å². The molecule has 1 aromatic rings. The molecule has 0 amide bonds. The number of unbranched alkanes of at least 4 members (excludes halogenated alkanes) is 2. The lowest BCUT2D eigenvalue weighted by atomic mass is 9.82. The fourth-order valence-electron chi connectivity index (χ4n) is 3.27. The Morgan fingerprint density at radius 3 is 2.09 bits per heavy atom. The molecule has 0 spiro atoms. The SMILES string of the molecule is CC(C)CCCCCC(Cc1cccc(C(C)(C)C)c1)C(C)C. The smallest absolute Gasteiger partial charge is 0.0132 e. The van der Waals surface area contributed by atoms with Gasteiger partial charge in [0.15, 0.2) is 0 Å². The van der Waals surface area contributed by atoms with E-state index in [1.807, 2.05) is 0 Å². The first kappa shape index (κ1) is 20.3. The first-order valence-corrected chi connectivity index (χ1v) is 9.79. The van der Waals surface area contributed by atoms with Gasteiger partial charge in [-0.25, -0.2) is 0 Å². The number of rotatable bonds is 9. The van der Waals surface area contributed by atoms with Crippen molar-refractivity contribution in [2.45, 2.75) is 92.4 Å². The van der Waals surface area contributed by atoms with Crippen LogP contribution in [0.5, 0.6) is 0 Å². The average molecular weight is 317 g/mol. The van der Waals surface area contributed by atoms with E-state index in [-0.39, 0.29) is 5.41 Å². The van der Waals surface area contributed by atoms with Crippen LogP contribution in [0.4, 0.5) is 0 Å². The van der Waals surface area contributed by atoms with Crippen molar-refractivity contribution >= 4 is 0 Å². The lowest BCUT2D eigenvalue weighted by Crippen LogP contribution is -2.14. The van der Waals surface area contributed by atoms with Crippen molar-refractivity contribution in [2.75, 3.05) is 0 Å². The molecule has 0 aliphatic heterocycles. The van der Waals surface area contributed by atoms with Gasteiger partial charge in [-0.3, -0.25) is 0 Å². The van der Waals surface area contributed by atoms with Gasteiger partial charge >= 0.3 is 0 Å². The van der Waals surface area contributed by atoms with Crippen LogP contribution in [-0.2, 0) is 11.8 Å². The Balaban J connectivity index is 2.56. The van der Waals surface area contributed by atoms with Crippen LogP contribution in [0.25, 0.3) is 0 Å². The summed E-state index contributed by atoms with van der Waals surface area (Å²) in [6.07, 6.45) is 8.22. The van der Waals surface area contributed by atoms with Gasteiger partial charge in [-0.05, 0) is 47.1 Å². The molecule has 0 N–H and O–H groups in total. The van der Waals surface area contributed by atoms with Crippen molar-refractivity contribution in [3.8, 4) is 0 Å². The molecule has 1 rings (SSSR count). The summed E-state index contributed by atoms with van der Waals surface area (Å²) in [5.74, 6) is 2.46. The van der Waals surface area contributed by atoms with Crippen LogP contribution in [0.2, 0.25) is 0 Å². The maximum atomic E-state index is 2.44. The summed E-state index contributed by atoms with van der Waals surface area (Å²) in [6, 6.07) is 9.28. The maximum absolute atomic E-state index is 2.44. The molecule has 0 aromatic heterocycles. The predicted octanol–water partition coefficient (Wildman–Crippen LogP) is 7.41. The Kier molecular flexibility index (Phi) is 8.37. The van der Waals surface area contributed by atoms with E-state index in [2.05, 4.69) is 72.7 Å². The Morgan fingerprint density at radius 1 is 0.870 bits per heavy atom. The van der Waals surface area contributed by atoms with Crippen LogP contribution in [0.3, 0.4) is 0 Å². The summed E-state index contributed by atoms with van der Waals surface area (Å²) < 4.78 is 0. The predicted molar refractivity (Wildman–Crippen MR) is 105 cm³/mol. The van der Waals surface area contributed by atoms with Crippen molar-refractivity contribution in [3.05, 3.63) is 35.4 Å². The fourth-order valence-corrected chi connectivity index (χ4v) is 3.27. The molecule has 0 heteroatoms.